The Bertz CT molecular complexity index is 620. The fraction of sp³-hybridized carbons (Fsp3) is 0.579. The van der Waals surface area contributed by atoms with Gasteiger partial charge in [-0.25, -0.2) is 5.43 Å². The van der Waals surface area contributed by atoms with Crippen molar-refractivity contribution in [3.63, 3.8) is 0 Å². The first-order valence-corrected chi connectivity index (χ1v) is 9.14. The van der Waals surface area contributed by atoms with Gasteiger partial charge in [0.05, 0.1) is 5.71 Å². The topological polar surface area (TPSA) is 53.9 Å². The van der Waals surface area contributed by atoms with Crippen LogP contribution in [0.4, 0.5) is 0 Å². The van der Waals surface area contributed by atoms with Gasteiger partial charge < -0.3 is 4.74 Å². The highest BCUT2D eigenvalue weighted by atomic mass is 16.5. The lowest BCUT2D eigenvalue weighted by Gasteiger charge is -2.23. The van der Waals surface area contributed by atoms with E-state index in [1.807, 2.05) is 24.3 Å². The van der Waals surface area contributed by atoms with Crippen LogP contribution < -0.4 is 10.2 Å². The third kappa shape index (κ3) is 3.46. The summed E-state index contributed by atoms with van der Waals surface area (Å²) in [6.07, 6.45) is 8.14. The third-order valence-corrected chi connectivity index (χ3v) is 5.41. The van der Waals surface area contributed by atoms with E-state index in [1.54, 1.807) is 0 Å². The molecular formula is C19H25N3O2. The van der Waals surface area contributed by atoms with Crippen molar-refractivity contribution in [3.05, 3.63) is 29.8 Å². The summed E-state index contributed by atoms with van der Waals surface area (Å²) in [5, 5.41) is 4.14. The lowest BCUT2D eigenvalue weighted by atomic mass is 10.0. The van der Waals surface area contributed by atoms with Gasteiger partial charge in [0.25, 0.3) is 0 Å². The summed E-state index contributed by atoms with van der Waals surface area (Å²) in [5.41, 5.74) is 4.54. The van der Waals surface area contributed by atoms with Gasteiger partial charge in [-0.3, -0.25) is 9.69 Å². The Labute approximate surface area is 143 Å². The van der Waals surface area contributed by atoms with Gasteiger partial charge in [0, 0.05) is 32.0 Å². The predicted molar refractivity (Wildman–Crippen MR) is 93.2 cm³/mol. The van der Waals surface area contributed by atoms with Crippen LogP contribution in [0.15, 0.2) is 29.4 Å². The quantitative estimate of drug-likeness (QED) is 0.925. The molecule has 128 valence electrons. The van der Waals surface area contributed by atoms with Crippen LogP contribution in [-0.4, -0.2) is 41.8 Å². The molecule has 1 amide bonds. The van der Waals surface area contributed by atoms with E-state index in [4.69, 9.17) is 4.74 Å². The fourth-order valence-corrected chi connectivity index (χ4v) is 4.05. The largest absolute Gasteiger partial charge is 0.489 e. The molecule has 2 heterocycles. The van der Waals surface area contributed by atoms with Crippen LogP contribution >= 0.6 is 0 Å². The third-order valence-electron chi connectivity index (χ3n) is 5.41. The van der Waals surface area contributed by atoms with E-state index < -0.39 is 0 Å². The Morgan fingerprint density at radius 2 is 1.88 bits per heavy atom. The first kappa shape index (κ1) is 15.6. The number of nitrogens with one attached hydrogen (secondary N) is 1. The number of amides is 1. The number of carbonyl (C=O) groups excluding carboxylic acids is 1. The van der Waals surface area contributed by atoms with E-state index in [2.05, 4.69) is 15.4 Å². The zero-order valence-electron chi connectivity index (χ0n) is 14.0. The summed E-state index contributed by atoms with van der Waals surface area (Å²) in [6, 6.07) is 8.91. The standard InChI is InChI=1S/C19H25N3O2/c23-19-10-9-18(20-21-19)14-5-7-16(8-6-14)24-17-11-12-22(13-17)15-3-1-2-4-15/h5-8,15,17H,1-4,9-13H2,(H,21,23)/t17-/m1/s1. The number of hydrogen-bond acceptors (Lipinski definition) is 4. The molecule has 3 aliphatic rings. The van der Waals surface area contributed by atoms with Crippen molar-refractivity contribution in [2.24, 2.45) is 5.10 Å². The zero-order valence-corrected chi connectivity index (χ0v) is 14.0. The minimum Gasteiger partial charge on any atom is -0.489 e. The van der Waals surface area contributed by atoms with Crippen LogP contribution in [-0.2, 0) is 4.79 Å². The SMILES string of the molecule is O=C1CCC(c2ccc(O[C@@H]3CCN(C4CCCC4)C3)cc2)=NN1. The number of ether oxygens (including phenoxy) is 1. The minimum absolute atomic E-state index is 0.00764. The molecule has 0 spiro atoms. The Hall–Kier alpha value is -1.88. The molecule has 5 nitrogen and oxygen atoms in total. The van der Waals surface area contributed by atoms with Crippen LogP contribution in [0.1, 0.15) is 50.5 Å². The predicted octanol–water partition coefficient (Wildman–Crippen LogP) is 2.70. The van der Waals surface area contributed by atoms with Crippen molar-refractivity contribution < 1.29 is 9.53 Å². The number of likely N-dealkylation sites (tertiary alicyclic amines) is 1. The molecule has 1 atom stereocenters. The number of hydrazone groups is 1. The Morgan fingerprint density at radius 1 is 1.08 bits per heavy atom. The molecule has 1 aromatic carbocycles. The van der Waals surface area contributed by atoms with Gasteiger partial charge in [-0.2, -0.15) is 5.10 Å². The van der Waals surface area contributed by atoms with Crippen LogP contribution in [0.2, 0.25) is 0 Å². The molecule has 2 aliphatic heterocycles. The second-order valence-electron chi connectivity index (χ2n) is 7.08. The van der Waals surface area contributed by atoms with Gasteiger partial charge in [0.2, 0.25) is 5.91 Å². The van der Waals surface area contributed by atoms with E-state index in [1.165, 1.54) is 32.2 Å². The van der Waals surface area contributed by atoms with Gasteiger partial charge in [-0.1, -0.05) is 12.8 Å². The van der Waals surface area contributed by atoms with Crippen molar-refractivity contribution in [2.75, 3.05) is 13.1 Å². The normalized spacial score (nSPS) is 25.6. The molecule has 0 unspecified atom stereocenters. The van der Waals surface area contributed by atoms with E-state index in [0.717, 1.165) is 36.0 Å². The summed E-state index contributed by atoms with van der Waals surface area (Å²) in [5.74, 6) is 0.921. The first-order chi connectivity index (χ1) is 11.8. The van der Waals surface area contributed by atoms with Gasteiger partial charge in [-0.05, 0) is 49.1 Å². The molecule has 2 fully saturated rings. The minimum atomic E-state index is -0.00764. The Morgan fingerprint density at radius 3 is 2.58 bits per heavy atom. The highest BCUT2D eigenvalue weighted by Crippen LogP contribution is 2.28. The van der Waals surface area contributed by atoms with Crippen molar-refractivity contribution >= 4 is 11.6 Å². The molecule has 1 aromatic rings. The van der Waals surface area contributed by atoms with Gasteiger partial charge in [0.15, 0.2) is 0 Å². The molecule has 1 saturated heterocycles. The number of hydrogen-bond donors (Lipinski definition) is 1. The molecule has 0 bridgehead atoms. The number of rotatable bonds is 4. The van der Waals surface area contributed by atoms with Gasteiger partial charge in [0.1, 0.15) is 11.9 Å². The van der Waals surface area contributed by atoms with E-state index in [9.17, 15) is 4.79 Å². The van der Waals surface area contributed by atoms with E-state index in [-0.39, 0.29) is 5.91 Å². The monoisotopic (exact) mass is 327 g/mol. The van der Waals surface area contributed by atoms with Crippen molar-refractivity contribution in [2.45, 2.75) is 57.1 Å². The van der Waals surface area contributed by atoms with E-state index in [0.29, 0.717) is 18.9 Å². The smallest absolute Gasteiger partial charge is 0.240 e. The number of carbonyl (C=O) groups is 1. The average molecular weight is 327 g/mol. The molecule has 1 aliphatic carbocycles. The highest BCUT2D eigenvalue weighted by Gasteiger charge is 2.30. The fourth-order valence-electron chi connectivity index (χ4n) is 4.05. The molecule has 5 heteroatoms. The first-order valence-electron chi connectivity index (χ1n) is 9.14. The molecule has 0 aromatic heterocycles. The Kier molecular flexibility index (Phi) is 4.52. The lowest BCUT2D eigenvalue weighted by molar-refractivity contribution is -0.121. The second kappa shape index (κ2) is 6.93. The molecule has 24 heavy (non-hydrogen) atoms. The molecule has 4 rings (SSSR count). The maximum atomic E-state index is 11.2. The lowest BCUT2D eigenvalue weighted by Crippen LogP contribution is -2.32. The molecule has 1 N–H and O–H groups in total. The van der Waals surface area contributed by atoms with Crippen molar-refractivity contribution in [1.82, 2.24) is 10.3 Å². The molecule has 0 radical (unpaired) electrons. The zero-order chi connectivity index (χ0) is 16.4. The van der Waals surface area contributed by atoms with Crippen LogP contribution in [0.25, 0.3) is 0 Å². The van der Waals surface area contributed by atoms with Gasteiger partial charge >= 0.3 is 0 Å². The maximum Gasteiger partial charge on any atom is 0.240 e. The number of benzene rings is 1. The van der Waals surface area contributed by atoms with Crippen LogP contribution in [0, 0.1) is 0 Å². The summed E-state index contributed by atoms with van der Waals surface area (Å²) in [7, 11) is 0. The summed E-state index contributed by atoms with van der Waals surface area (Å²) in [6.45, 7) is 2.23. The average Bonchev–Trinajstić information content (AvgIpc) is 3.28. The second-order valence-corrected chi connectivity index (χ2v) is 7.08. The van der Waals surface area contributed by atoms with E-state index >= 15 is 0 Å². The van der Waals surface area contributed by atoms with Gasteiger partial charge in [-0.15, -0.1) is 0 Å². The Balaban J connectivity index is 1.33. The van der Waals surface area contributed by atoms with Crippen molar-refractivity contribution in [3.8, 4) is 5.75 Å². The molecular weight excluding hydrogens is 302 g/mol. The summed E-state index contributed by atoms with van der Waals surface area (Å²) < 4.78 is 6.17. The van der Waals surface area contributed by atoms with Crippen LogP contribution in [0.3, 0.4) is 0 Å². The van der Waals surface area contributed by atoms with Crippen LogP contribution in [0.5, 0.6) is 5.75 Å². The van der Waals surface area contributed by atoms with Crippen molar-refractivity contribution in [1.29, 1.82) is 0 Å². The molecule has 1 saturated carbocycles. The number of nitrogens with zero attached hydrogens (tertiary/aromatic N) is 2. The highest BCUT2D eigenvalue weighted by molar-refractivity contribution is 6.04. The summed E-state index contributed by atoms with van der Waals surface area (Å²) in [4.78, 5) is 13.8. The maximum absolute atomic E-state index is 11.2. The summed E-state index contributed by atoms with van der Waals surface area (Å²) >= 11 is 0.